The molecule has 1 heterocycles. The number of likely N-dealkylation sites (N-methyl/N-ethyl adjacent to an activating group) is 1. The summed E-state index contributed by atoms with van der Waals surface area (Å²) in [4.78, 5) is 26.0. The predicted octanol–water partition coefficient (Wildman–Crippen LogP) is 2.99. The molecule has 3 heteroatoms. The van der Waals surface area contributed by atoms with Crippen LogP contribution in [0.5, 0.6) is 0 Å². The van der Waals surface area contributed by atoms with E-state index in [9.17, 15) is 9.59 Å². The van der Waals surface area contributed by atoms with Gasteiger partial charge in [-0.3, -0.25) is 14.5 Å². The van der Waals surface area contributed by atoms with Gasteiger partial charge >= 0.3 is 0 Å². The van der Waals surface area contributed by atoms with Gasteiger partial charge in [0.05, 0.1) is 5.41 Å². The van der Waals surface area contributed by atoms with Crippen LogP contribution in [-0.2, 0) is 10.2 Å². The lowest BCUT2D eigenvalue weighted by atomic mass is 9.67. The lowest BCUT2D eigenvalue weighted by Gasteiger charge is -2.41. The number of benzene rings is 1. The van der Waals surface area contributed by atoms with Crippen LogP contribution in [0.2, 0.25) is 0 Å². The van der Waals surface area contributed by atoms with E-state index in [0.717, 1.165) is 5.56 Å². The van der Waals surface area contributed by atoms with E-state index in [1.54, 1.807) is 7.05 Å². The fourth-order valence-electron chi connectivity index (χ4n) is 3.14. The summed E-state index contributed by atoms with van der Waals surface area (Å²) in [5, 5.41) is 0. The highest BCUT2D eigenvalue weighted by molar-refractivity contribution is 6.12. The highest BCUT2D eigenvalue weighted by atomic mass is 16.2. The van der Waals surface area contributed by atoms with E-state index >= 15 is 0 Å². The zero-order chi connectivity index (χ0) is 14.4. The third kappa shape index (κ3) is 2.18. The van der Waals surface area contributed by atoms with E-state index in [-0.39, 0.29) is 17.2 Å². The van der Waals surface area contributed by atoms with Crippen LogP contribution >= 0.6 is 0 Å². The van der Waals surface area contributed by atoms with Crippen molar-refractivity contribution in [3.05, 3.63) is 35.4 Å². The van der Waals surface area contributed by atoms with Crippen LogP contribution in [0.3, 0.4) is 0 Å². The lowest BCUT2D eigenvalue weighted by Crippen LogP contribution is -2.52. The van der Waals surface area contributed by atoms with Gasteiger partial charge in [-0.1, -0.05) is 39.0 Å². The molecule has 0 aliphatic carbocycles. The van der Waals surface area contributed by atoms with Gasteiger partial charge in [0, 0.05) is 12.6 Å². The zero-order valence-electron chi connectivity index (χ0n) is 12.3. The SMILES string of the molecule is CN1C(=O)c2ccccc2C(C)(CC(C)(C)C)C1=O. The lowest BCUT2D eigenvalue weighted by molar-refractivity contribution is -0.135. The van der Waals surface area contributed by atoms with Crippen molar-refractivity contribution in [2.24, 2.45) is 5.41 Å². The minimum Gasteiger partial charge on any atom is -0.281 e. The Kier molecular flexibility index (Phi) is 3.04. The fourth-order valence-corrected chi connectivity index (χ4v) is 3.14. The average molecular weight is 259 g/mol. The first kappa shape index (κ1) is 13.8. The van der Waals surface area contributed by atoms with Crippen molar-refractivity contribution in [2.75, 3.05) is 7.05 Å². The summed E-state index contributed by atoms with van der Waals surface area (Å²) in [6.45, 7) is 8.29. The molecule has 1 unspecified atom stereocenters. The summed E-state index contributed by atoms with van der Waals surface area (Å²) < 4.78 is 0. The summed E-state index contributed by atoms with van der Waals surface area (Å²) in [5.74, 6) is -0.307. The van der Waals surface area contributed by atoms with Gasteiger partial charge in [0.25, 0.3) is 5.91 Å². The number of hydrogen-bond acceptors (Lipinski definition) is 2. The number of rotatable bonds is 1. The zero-order valence-corrected chi connectivity index (χ0v) is 12.3. The van der Waals surface area contributed by atoms with E-state index < -0.39 is 5.41 Å². The molecule has 2 amide bonds. The van der Waals surface area contributed by atoms with Crippen molar-refractivity contribution in [1.29, 1.82) is 0 Å². The van der Waals surface area contributed by atoms with Gasteiger partial charge in [-0.15, -0.1) is 0 Å². The quantitative estimate of drug-likeness (QED) is 0.727. The topological polar surface area (TPSA) is 37.4 Å². The van der Waals surface area contributed by atoms with Crippen molar-refractivity contribution in [1.82, 2.24) is 4.90 Å². The second-order valence-corrected chi connectivity index (χ2v) is 6.78. The Morgan fingerprint density at radius 1 is 1.16 bits per heavy atom. The molecule has 0 saturated heterocycles. The van der Waals surface area contributed by atoms with Crippen LogP contribution in [-0.4, -0.2) is 23.8 Å². The minimum atomic E-state index is -0.627. The molecule has 0 saturated carbocycles. The second-order valence-electron chi connectivity index (χ2n) is 6.78. The summed E-state index contributed by atoms with van der Waals surface area (Å²) in [6.07, 6.45) is 0.716. The number of imide groups is 1. The van der Waals surface area contributed by atoms with Crippen LogP contribution < -0.4 is 0 Å². The van der Waals surface area contributed by atoms with Crippen LogP contribution in [0.15, 0.2) is 24.3 Å². The van der Waals surface area contributed by atoms with Gasteiger partial charge in [-0.2, -0.15) is 0 Å². The van der Waals surface area contributed by atoms with E-state index in [1.807, 2.05) is 31.2 Å². The Balaban J connectivity index is 2.63. The Labute approximate surface area is 114 Å². The van der Waals surface area contributed by atoms with Crippen molar-refractivity contribution < 1.29 is 9.59 Å². The number of carbonyl (C=O) groups is 2. The number of nitrogens with zero attached hydrogens (tertiary/aromatic N) is 1. The van der Waals surface area contributed by atoms with Crippen LogP contribution in [0, 0.1) is 5.41 Å². The summed E-state index contributed by atoms with van der Waals surface area (Å²) in [5.41, 5.74) is 0.894. The molecule has 0 aromatic heterocycles. The molecule has 3 nitrogen and oxygen atoms in total. The first-order chi connectivity index (χ1) is 8.67. The average Bonchev–Trinajstić information content (AvgIpc) is 2.32. The molecule has 0 radical (unpaired) electrons. The first-order valence-corrected chi connectivity index (χ1v) is 6.59. The molecule has 2 rings (SSSR count). The van der Waals surface area contributed by atoms with Crippen molar-refractivity contribution in [3.8, 4) is 0 Å². The summed E-state index contributed by atoms with van der Waals surface area (Å²) in [7, 11) is 1.57. The van der Waals surface area contributed by atoms with Gasteiger partial charge < -0.3 is 0 Å². The van der Waals surface area contributed by atoms with Crippen LogP contribution in [0.4, 0.5) is 0 Å². The molecular weight excluding hydrogens is 238 g/mol. The fraction of sp³-hybridized carbons (Fsp3) is 0.500. The maximum Gasteiger partial charge on any atom is 0.260 e. The second kappa shape index (κ2) is 4.19. The maximum atomic E-state index is 12.6. The summed E-state index contributed by atoms with van der Waals surface area (Å²) >= 11 is 0. The third-order valence-corrected chi connectivity index (χ3v) is 3.72. The van der Waals surface area contributed by atoms with E-state index in [2.05, 4.69) is 20.8 Å². The van der Waals surface area contributed by atoms with Crippen LogP contribution in [0.1, 0.15) is 50.0 Å². The molecule has 1 aromatic carbocycles. The molecule has 0 N–H and O–H groups in total. The van der Waals surface area contributed by atoms with E-state index in [1.165, 1.54) is 4.90 Å². The number of amides is 2. The molecule has 0 bridgehead atoms. The third-order valence-electron chi connectivity index (χ3n) is 3.72. The molecule has 19 heavy (non-hydrogen) atoms. The van der Waals surface area contributed by atoms with Crippen LogP contribution in [0.25, 0.3) is 0 Å². The van der Waals surface area contributed by atoms with Crippen molar-refractivity contribution in [3.63, 3.8) is 0 Å². The first-order valence-electron chi connectivity index (χ1n) is 6.59. The van der Waals surface area contributed by atoms with Gasteiger partial charge in [0.1, 0.15) is 0 Å². The van der Waals surface area contributed by atoms with Gasteiger partial charge in [-0.05, 0) is 30.4 Å². The predicted molar refractivity (Wildman–Crippen MR) is 75.0 cm³/mol. The Morgan fingerprint density at radius 3 is 2.32 bits per heavy atom. The molecule has 1 aliphatic rings. The van der Waals surface area contributed by atoms with Gasteiger partial charge in [0.2, 0.25) is 5.91 Å². The van der Waals surface area contributed by atoms with Crippen molar-refractivity contribution >= 4 is 11.8 Å². The molecule has 0 fully saturated rings. The summed E-state index contributed by atoms with van der Waals surface area (Å²) in [6, 6.07) is 7.45. The molecule has 0 spiro atoms. The van der Waals surface area contributed by atoms with Gasteiger partial charge in [0.15, 0.2) is 0 Å². The van der Waals surface area contributed by atoms with E-state index in [4.69, 9.17) is 0 Å². The standard InChI is InChI=1S/C16H21NO2/c1-15(2,3)10-16(4)12-9-7-6-8-11(12)13(18)17(5)14(16)19/h6-9H,10H2,1-5H3. The monoisotopic (exact) mass is 259 g/mol. The smallest absolute Gasteiger partial charge is 0.260 e. The van der Waals surface area contributed by atoms with E-state index in [0.29, 0.717) is 12.0 Å². The number of carbonyl (C=O) groups excluding carboxylic acids is 2. The highest BCUT2D eigenvalue weighted by Crippen LogP contribution is 2.42. The molecular formula is C16H21NO2. The van der Waals surface area contributed by atoms with Crippen molar-refractivity contribution in [2.45, 2.75) is 39.5 Å². The molecule has 1 aliphatic heterocycles. The molecule has 102 valence electrons. The number of fused-ring (bicyclic) bond motifs is 1. The molecule has 1 aromatic rings. The Morgan fingerprint density at radius 2 is 1.74 bits per heavy atom. The Bertz CT molecular complexity index is 542. The highest BCUT2D eigenvalue weighted by Gasteiger charge is 2.47. The van der Waals surface area contributed by atoms with Gasteiger partial charge in [-0.25, -0.2) is 0 Å². The largest absolute Gasteiger partial charge is 0.281 e. The molecule has 1 atom stereocenters. The number of hydrogen-bond donors (Lipinski definition) is 0. The maximum absolute atomic E-state index is 12.6. The normalized spacial score (nSPS) is 23.5. The minimum absolute atomic E-state index is 0.0126. The Hall–Kier alpha value is -1.64.